The zero-order valence-electron chi connectivity index (χ0n) is 10.3. The number of benzene rings is 2. The lowest BCUT2D eigenvalue weighted by molar-refractivity contribution is 0.438. The number of nitrogens with zero attached hydrogens (tertiary/aromatic N) is 2. The zero-order chi connectivity index (χ0) is 12.7. The van der Waals surface area contributed by atoms with Gasteiger partial charge in [-0.3, -0.25) is 0 Å². The van der Waals surface area contributed by atoms with E-state index in [1.165, 1.54) is 16.5 Å². The summed E-state index contributed by atoms with van der Waals surface area (Å²) in [5.74, 6) is 0. The standard InChI is InChI=1S/C16H12N2O/c1-2-6-12(7-3-1)11-18-15-9-5-4-8-13(15)14-10-17-19-16(14)18/h1-10H,11H2. The normalized spacial score (nSPS) is 11.4. The average Bonchev–Trinajstić information content (AvgIpc) is 3.04. The van der Waals surface area contributed by atoms with Gasteiger partial charge in [0.05, 0.1) is 23.6 Å². The number of aromatic nitrogens is 2. The highest BCUT2D eigenvalue weighted by molar-refractivity contribution is 6.05. The molecule has 0 aliphatic heterocycles. The molecule has 92 valence electrons. The highest BCUT2D eigenvalue weighted by Crippen LogP contribution is 2.29. The Morgan fingerprint density at radius 1 is 0.895 bits per heavy atom. The Labute approximate surface area is 110 Å². The van der Waals surface area contributed by atoms with Crippen LogP contribution in [0.3, 0.4) is 0 Å². The lowest BCUT2D eigenvalue weighted by atomic mass is 10.2. The van der Waals surface area contributed by atoms with E-state index in [-0.39, 0.29) is 0 Å². The lowest BCUT2D eigenvalue weighted by Crippen LogP contribution is -1.98. The predicted octanol–water partition coefficient (Wildman–Crippen LogP) is 3.83. The van der Waals surface area contributed by atoms with Crippen LogP contribution < -0.4 is 0 Å². The fourth-order valence-corrected chi connectivity index (χ4v) is 2.58. The van der Waals surface area contributed by atoms with Crippen LogP contribution in [0.15, 0.2) is 65.3 Å². The van der Waals surface area contributed by atoms with Gasteiger partial charge in [0.1, 0.15) is 0 Å². The molecule has 0 saturated carbocycles. The fourth-order valence-electron chi connectivity index (χ4n) is 2.58. The molecule has 0 saturated heterocycles. The van der Waals surface area contributed by atoms with Crippen LogP contribution in [0.4, 0.5) is 0 Å². The van der Waals surface area contributed by atoms with E-state index in [9.17, 15) is 0 Å². The Hall–Kier alpha value is -2.55. The summed E-state index contributed by atoms with van der Waals surface area (Å²) in [6, 6.07) is 18.7. The number of para-hydroxylation sites is 1. The number of rotatable bonds is 2. The van der Waals surface area contributed by atoms with Crippen LogP contribution in [0.25, 0.3) is 22.0 Å². The molecule has 0 bridgehead atoms. The third kappa shape index (κ3) is 1.55. The molecule has 0 aliphatic carbocycles. The number of fused-ring (bicyclic) bond motifs is 3. The minimum absolute atomic E-state index is 0.792. The summed E-state index contributed by atoms with van der Waals surface area (Å²) in [6.07, 6.45) is 1.79. The zero-order valence-corrected chi connectivity index (χ0v) is 10.3. The summed E-state index contributed by atoms with van der Waals surface area (Å²) in [5.41, 5.74) is 3.27. The molecule has 2 aromatic heterocycles. The predicted molar refractivity (Wildman–Crippen MR) is 75.0 cm³/mol. The fraction of sp³-hybridized carbons (Fsp3) is 0.0625. The SMILES string of the molecule is c1ccc(Cn2c3ccccc3c3cnoc32)cc1. The van der Waals surface area contributed by atoms with Gasteiger partial charge in [0.25, 0.3) is 0 Å². The van der Waals surface area contributed by atoms with Crippen molar-refractivity contribution in [2.24, 2.45) is 0 Å². The van der Waals surface area contributed by atoms with Crippen molar-refractivity contribution in [3.63, 3.8) is 0 Å². The summed E-state index contributed by atoms with van der Waals surface area (Å²) in [4.78, 5) is 0. The molecule has 0 spiro atoms. The summed E-state index contributed by atoms with van der Waals surface area (Å²) in [5, 5.41) is 6.18. The molecule has 4 rings (SSSR count). The van der Waals surface area contributed by atoms with Crippen molar-refractivity contribution < 1.29 is 4.52 Å². The first-order valence-corrected chi connectivity index (χ1v) is 6.29. The molecular formula is C16H12N2O. The first-order valence-electron chi connectivity index (χ1n) is 6.29. The summed E-state index contributed by atoms with van der Waals surface area (Å²) < 4.78 is 7.59. The first kappa shape index (κ1) is 10.4. The van der Waals surface area contributed by atoms with Crippen LogP contribution in [0.5, 0.6) is 0 Å². The van der Waals surface area contributed by atoms with E-state index in [0.29, 0.717) is 0 Å². The van der Waals surface area contributed by atoms with Gasteiger partial charge < -0.3 is 9.09 Å². The molecule has 0 atom stereocenters. The monoisotopic (exact) mass is 248 g/mol. The summed E-state index contributed by atoms with van der Waals surface area (Å²) >= 11 is 0. The van der Waals surface area contributed by atoms with Gasteiger partial charge in [-0.2, -0.15) is 0 Å². The highest BCUT2D eigenvalue weighted by atomic mass is 16.5. The van der Waals surface area contributed by atoms with E-state index in [1.54, 1.807) is 6.20 Å². The second kappa shape index (κ2) is 3.99. The molecule has 3 nitrogen and oxygen atoms in total. The van der Waals surface area contributed by atoms with Crippen LogP contribution in [-0.2, 0) is 6.54 Å². The molecule has 0 amide bonds. The number of hydrogen-bond acceptors (Lipinski definition) is 2. The van der Waals surface area contributed by atoms with E-state index < -0.39 is 0 Å². The molecule has 0 unspecified atom stereocenters. The lowest BCUT2D eigenvalue weighted by Gasteiger charge is -2.05. The minimum Gasteiger partial charge on any atom is -0.338 e. The van der Waals surface area contributed by atoms with Crippen LogP contribution in [-0.4, -0.2) is 9.72 Å². The van der Waals surface area contributed by atoms with Crippen LogP contribution >= 0.6 is 0 Å². The van der Waals surface area contributed by atoms with Crippen LogP contribution in [0.1, 0.15) is 5.56 Å². The third-order valence-corrected chi connectivity index (χ3v) is 3.47. The smallest absolute Gasteiger partial charge is 0.239 e. The Kier molecular flexibility index (Phi) is 2.18. The minimum atomic E-state index is 0.792. The van der Waals surface area contributed by atoms with E-state index in [0.717, 1.165) is 17.6 Å². The van der Waals surface area contributed by atoms with Crippen molar-refractivity contribution in [3.05, 3.63) is 66.4 Å². The van der Waals surface area contributed by atoms with Crippen LogP contribution in [0, 0.1) is 0 Å². The molecule has 0 N–H and O–H groups in total. The third-order valence-electron chi connectivity index (χ3n) is 3.47. The van der Waals surface area contributed by atoms with Gasteiger partial charge in [-0.05, 0) is 11.6 Å². The molecule has 2 heterocycles. The summed E-state index contributed by atoms with van der Waals surface area (Å²) in [7, 11) is 0. The average molecular weight is 248 g/mol. The molecule has 0 fully saturated rings. The van der Waals surface area contributed by atoms with E-state index >= 15 is 0 Å². The summed E-state index contributed by atoms with van der Waals surface area (Å²) in [6.45, 7) is 0.792. The van der Waals surface area contributed by atoms with Crippen molar-refractivity contribution in [2.75, 3.05) is 0 Å². The highest BCUT2D eigenvalue weighted by Gasteiger charge is 2.13. The van der Waals surface area contributed by atoms with Gasteiger partial charge in [0.15, 0.2) is 0 Å². The molecule has 0 radical (unpaired) electrons. The van der Waals surface area contributed by atoms with Gasteiger partial charge in [0.2, 0.25) is 5.71 Å². The van der Waals surface area contributed by atoms with Gasteiger partial charge in [-0.15, -0.1) is 0 Å². The van der Waals surface area contributed by atoms with Gasteiger partial charge in [0, 0.05) is 5.39 Å². The molecule has 0 aliphatic rings. The van der Waals surface area contributed by atoms with Gasteiger partial charge in [-0.1, -0.05) is 53.7 Å². The second-order valence-electron chi connectivity index (χ2n) is 4.63. The second-order valence-corrected chi connectivity index (χ2v) is 4.63. The maximum absolute atomic E-state index is 5.42. The topological polar surface area (TPSA) is 31.0 Å². The number of hydrogen-bond donors (Lipinski definition) is 0. The quantitative estimate of drug-likeness (QED) is 0.539. The van der Waals surface area contributed by atoms with Crippen LogP contribution in [0.2, 0.25) is 0 Å². The van der Waals surface area contributed by atoms with Crippen molar-refractivity contribution >= 4 is 22.0 Å². The largest absolute Gasteiger partial charge is 0.338 e. The maximum Gasteiger partial charge on any atom is 0.239 e. The molecule has 3 heteroatoms. The van der Waals surface area contributed by atoms with Gasteiger partial charge >= 0.3 is 0 Å². The van der Waals surface area contributed by atoms with E-state index in [2.05, 4.69) is 52.2 Å². The maximum atomic E-state index is 5.42. The Morgan fingerprint density at radius 3 is 2.58 bits per heavy atom. The van der Waals surface area contributed by atoms with E-state index in [4.69, 9.17) is 4.52 Å². The van der Waals surface area contributed by atoms with Crippen molar-refractivity contribution in [2.45, 2.75) is 6.54 Å². The molecular weight excluding hydrogens is 236 g/mol. The van der Waals surface area contributed by atoms with Crippen molar-refractivity contribution in [3.8, 4) is 0 Å². The molecule has 4 aromatic rings. The molecule has 2 aromatic carbocycles. The van der Waals surface area contributed by atoms with Crippen molar-refractivity contribution in [1.29, 1.82) is 0 Å². The Balaban J connectivity index is 1.98. The van der Waals surface area contributed by atoms with Gasteiger partial charge in [-0.25, -0.2) is 0 Å². The Bertz CT molecular complexity index is 843. The van der Waals surface area contributed by atoms with Crippen molar-refractivity contribution in [1.82, 2.24) is 9.72 Å². The molecule has 19 heavy (non-hydrogen) atoms. The Morgan fingerprint density at radius 2 is 1.68 bits per heavy atom. The van der Waals surface area contributed by atoms with E-state index in [1.807, 2.05) is 12.1 Å². The first-order chi connectivity index (χ1) is 9.43.